The van der Waals surface area contributed by atoms with E-state index in [1.807, 2.05) is 73.7 Å². The van der Waals surface area contributed by atoms with Crippen LogP contribution in [-0.4, -0.2) is 77.9 Å². The van der Waals surface area contributed by atoms with Gasteiger partial charge in [0.15, 0.2) is 0 Å². The Labute approximate surface area is 370 Å². The van der Waals surface area contributed by atoms with Gasteiger partial charge < -0.3 is 39.3 Å². The van der Waals surface area contributed by atoms with E-state index in [2.05, 4.69) is 36.2 Å². The number of rotatable bonds is 20. The molecular formula is C51H61N3O9. The molecule has 1 aliphatic heterocycles. The van der Waals surface area contributed by atoms with Crippen LogP contribution in [0.4, 0.5) is 9.59 Å². The van der Waals surface area contributed by atoms with Crippen molar-refractivity contribution in [2.24, 2.45) is 22.9 Å². The average Bonchev–Trinajstić information content (AvgIpc) is 3.30. The summed E-state index contributed by atoms with van der Waals surface area (Å²) in [5.41, 5.74) is 4.30. The number of amides is 2. The van der Waals surface area contributed by atoms with Crippen LogP contribution in [0.2, 0.25) is 0 Å². The number of carbonyl (C=O) groups excluding carboxylic acids is 2. The van der Waals surface area contributed by atoms with Gasteiger partial charge in [-0.25, -0.2) is 9.59 Å². The summed E-state index contributed by atoms with van der Waals surface area (Å²) < 4.78 is 26.3. The minimum atomic E-state index is -1.49. The highest BCUT2D eigenvalue weighted by molar-refractivity contribution is 6.03. The maximum atomic E-state index is 14.6. The quantitative estimate of drug-likeness (QED) is 0.0449. The van der Waals surface area contributed by atoms with Crippen molar-refractivity contribution in [1.82, 2.24) is 10.2 Å². The number of nitrogens with zero attached hydrogens (tertiary/aromatic N) is 2. The van der Waals surface area contributed by atoms with Gasteiger partial charge in [-0.2, -0.15) is 0 Å². The monoisotopic (exact) mass is 859 g/mol. The first kappa shape index (κ1) is 45.3. The Kier molecular flexibility index (Phi) is 15.5. The van der Waals surface area contributed by atoms with E-state index in [0.717, 1.165) is 58.7 Å². The van der Waals surface area contributed by atoms with E-state index in [9.17, 15) is 19.8 Å². The summed E-state index contributed by atoms with van der Waals surface area (Å²) in [4.78, 5) is 35.5. The molecule has 3 N–H and O–H groups in total. The van der Waals surface area contributed by atoms with E-state index in [4.69, 9.17) is 28.9 Å². The van der Waals surface area contributed by atoms with Gasteiger partial charge in [-0.15, -0.1) is 6.58 Å². The first-order valence-electron chi connectivity index (χ1n) is 22.5. The van der Waals surface area contributed by atoms with Crippen LogP contribution in [0.15, 0.2) is 120 Å². The molecule has 63 heavy (non-hydrogen) atoms. The normalized spacial score (nSPS) is 22.8. The van der Waals surface area contributed by atoms with Gasteiger partial charge in [-0.1, -0.05) is 103 Å². The van der Waals surface area contributed by atoms with Gasteiger partial charge in [0.25, 0.3) is 0 Å². The molecule has 0 saturated heterocycles. The number of hydrogen-bond donors (Lipinski definition) is 3. The number of benzene rings is 4. The predicted octanol–water partition coefficient (Wildman–Crippen LogP) is 9.44. The van der Waals surface area contributed by atoms with Gasteiger partial charge in [-0.05, 0) is 97.0 Å². The lowest BCUT2D eigenvalue weighted by Crippen LogP contribution is -2.70. The second kappa shape index (κ2) is 21.6. The Bertz CT molecular complexity index is 2240. The largest absolute Gasteiger partial charge is 0.459 e. The van der Waals surface area contributed by atoms with E-state index in [1.54, 1.807) is 24.0 Å². The molecule has 7 rings (SSSR count). The smallest absolute Gasteiger partial charge is 0.412 e. The minimum Gasteiger partial charge on any atom is -0.459 e. The van der Waals surface area contributed by atoms with Crippen molar-refractivity contribution in [3.8, 4) is 11.5 Å². The summed E-state index contributed by atoms with van der Waals surface area (Å²) in [5.74, 6) is -1.41. The van der Waals surface area contributed by atoms with Gasteiger partial charge in [0.2, 0.25) is 5.79 Å². The first-order valence-corrected chi connectivity index (χ1v) is 22.5. The summed E-state index contributed by atoms with van der Waals surface area (Å²) in [5, 5.41) is 29.6. The lowest BCUT2D eigenvalue weighted by molar-refractivity contribution is -0.256. The number of ether oxygens (including phenoxy) is 4. The zero-order valence-corrected chi connectivity index (χ0v) is 36.5. The molecule has 0 radical (unpaired) electrons. The van der Waals surface area contributed by atoms with Crippen LogP contribution >= 0.6 is 0 Å². The molecule has 2 aliphatic carbocycles. The molecule has 0 unspecified atom stereocenters. The molecule has 12 heteroatoms. The highest BCUT2D eigenvalue weighted by Crippen LogP contribution is 2.62. The number of carbonyl (C=O) groups is 2. The fourth-order valence-electron chi connectivity index (χ4n) is 9.89. The maximum Gasteiger partial charge on any atom is 0.412 e. The standard InChI is InChI=1S/C51H61N3O9/c1-4-29-60-51-46(54(50(58)59-5-2)34-38-22-16-21-36-19-10-11-23-40(36)38)32-44(53-61-6-3)42-30-37(20-12-14-27-55)41(24-13-15-28-56)47(48(42)51)43-31-39(25-26-45(43)63-51)62-49(57)52-33-35-17-8-7-9-18-35/h4,7-11,16-19,21-23,25-26,30-31,37,41,46-48,55-56H,1,5-6,12-15,20,24,27-29,32-34H2,2-3H3,(H,52,57)/t37-,41+,46-,47+,48+,51+/m0/s1. The average molecular weight is 860 g/mol. The SMILES string of the molecule is C=CCO[C@@]12Oc3ccc(OC(=O)NCc4ccccc4)cc3[C@H]3[C@H](CCCCO)[C@@H](CCCCO)C=C(C(=NOCC)C[C@@H]1N(Cc1cccc4ccccc14)C(=O)OCC)[C@H]32. The Morgan fingerprint density at radius 1 is 0.937 bits per heavy atom. The van der Waals surface area contributed by atoms with Gasteiger partial charge in [0.1, 0.15) is 24.1 Å². The number of aliphatic hydroxyl groups excluding tert-OH is 2. The lowest BCUT2D eigenvalue weighted by Gasteiger charge is -2.59. The van der Waals surface area contributed by atoms with Crippen LogP contribution < -0.4 is 14.8 Å². The van der Waals surface area contributed by atoms with E-state index >= 15 is 0 Å². The van der Waals surface area contributed by atoms with Gasteiger partial charge in [0.05, 0.1) is 31.4 Å². The first-order chi connectivity index (χ1) is 30.8. The maximum absolute atomic E-state index is 14.6. The summed E-state index contributed by atoms with van der Waals surface area (Å²) in [6, 6.07) is 28.5. The van der Waals surface area contributed by atoms with Crippen LogP contribution in [0.25, 0.3) is 10.8 Å². The Morgan fingerprint density at radius 3 is 2.46 bits per heavy atom. The summed E-state index contributed by atoms with van der Waals surface area (Å²) >= 11 is 0. The molecule has 1 saturated carbocycles. The van der Waals surface area contributed by atoms with Gasteiger partial charge in [-0.3, -0.25) is 4.90 Å². The molecule has 12 nitrogen and oxygen atoms in total. The summed E-state index contributed by atoms with van der Waals surface area (Å²) in [6.07, 6.45) is 7.51. The van der Waals surface area contributed by atoms with Crippen LogP contribution in [0.1, 0.15) is 81.4 Å². The summed E-state index contributed by atoms with van der Waals surface area (Å²) in [6.45, 7) is 8.97. The second-order valence-electron chi connectivity index (χ2n) is 16.4. The van der Waals surface area contributed by atoms with Crippen molar-refractivity contribution >= 4 is 28.7 Å². The molecule has 0 spiro atoms. The third-order valence-electron chi connectivity index (χ3n) is 12.5. The highest BCUT2D eigenvalue weighted by Gasteiger charge is 2.65. The molecule has 4 aromatic carbocycles. The van der Waals surface area contributed by atoms with Crippen molar-refractivity contribution in [2.75, 3.05) is 33.0 Å². The van der Waals surface area contributed by atoms with Crippen molar-refractivity contribution in [1.29, 1.82) is 0 Å². The minimum absolute atomic E-state index is 0.0123. The van der Waals surface area contributed by atoms with E-state index in [0.29, 0.717) is 43.2 Å². The van der Waals surface area contributed by atoms with Crippen LogP contribution in [-0.2, 0) is 27.4 Å². The van der Waals surface area contributed by atoms with Crippen LogP contribution in [0.3, 0.4) is 0 Å². The Hall–Kier alpha value is -5.69. The number of allylic oxidation sites excluding steroid dienone is 1. The van der Waals surface area contributed by atoms with E-state index in [1.165, 1.54) is 0 Å². The molecule has 3 aliphatic rings. The molecule has 2 amide bonds. The predicted molar refractivity (Wildman–Crippen MR) is 242 cm³/mol. The van der Waals surface area contributed by atoms with Crippen molar-refractivity contribution < 1.29 is 43.6 Å². The van der Waals surface area contributed by atoms with Crippen LogP contribution in [0.5, 0.6) is 11.5 Å². The lowest BCUT2D eigenvalue weighted by atomic mass is 9.55. The Balaban J connectivity index is 1.41. The topological polar surface area (TPSA) is 148 Å². The molecular weight excluding hydrogens is 799 g/mol. The zero-order chi connectivity index (χ0) is 44.2. The molecule has 1 heterocycles. The van der Waals surface area contributed by atoms with Gasteiger partial charge in [0, 0.05) is 37.7 Å². The number of aliphatic hydroxyl groups is 2. The number of nitrogens with one attached hydrogen (secondary N) is 1. The third kappa shape index (κ3) is 10.1. The van der Waals surface area contributed by atoms with Crippen LogP contribution in [0, 0.1) is 17.8 Å². The fourth-order valence-corrected chi connectivity index (χ4v) is 9.89. The molecule has 0 bridgehead atoms. The molecule has 0 aromatic heterocycles. The fraction of sp³-hybridized carbons (Fsp3) is 0.431. The number of oxime groups is 1. The molecule has 6 atom stereocenters. The second-order valence-corrected chi connectivity index (χ2v) is 16.4. The summed E-state index contributed by atoms with van der Waals surface area (Å²) in [7, 11) is 0. The number of hydrogen-bond acceptors (Lipinski definition) is 10. The molecule has 334 valence electrons. The van der Waals surface area contributed by atoms with Crippen molar-refractivity contribution in [2.45, 2.75) is 89.6 Å². The highest BCUT2D eigenvalue weighted by atomic mass is 16.7. The third-order valence-corrected chi connectivity index (χ3v) is 12.5. The van der Waals surface area contributed by atoms with E-state index < -0.39 is 29.9 Å². The number of fused-ring (bicyclic) bond motifs is 3. The molecule has 4 aromatic rings. The van der Waals surface area contributed by atoms with E-state index in [-0.39, 0.29) is 57.1 Å². The van der Waals surface area contributed by atoms with Crippen molar-refractivity contribution in [3.63, 3.8) is 0 Å². The van der Waals surface area contributed by atoms with Crippen molar-refractivity contribution in [3.05, 3.63) is 132 Å². The molecule has 1 fully saturated rings. The number of unbranched alkanes of at least 4 members (excludes halogenated alkanes) is 2. The van der Waals surface area contributed by atoms with Gasteiger partial charge >= 0.3 is 12.2 Å². The zero-order valence-electron chi connectivity index (χ0n) is 36.5. The Morgan fingerprint density at radius 2 is 1.70 bits per heavy atom.